The quantitative estimate of drug-likeness (QED) is 0.201. The van der Waals surface area contributed by atoms with E-state index >= 15 is 0 Å². The van der Waals surface area contributed by atoms with E-state index in [1.54, 1.807) is 23.9 Å². The summed E-state index contributed by atoms with van der Waals surface area (Å²) in [6.45, 7) is 1.42. The van der Waals surface area contributed by atoms with Crippen molar-refractivity contribution in [2.75, 3.05) is 19.7 Å². The van der Waals surface area contributed by atoms with Crippen molar-refractivity contribution >= 4 is 38.0 Å². The number of alkyl halides is 3. The van der Waals surface area contributed by atoms with Crippen LogP contribution < -0.4 is 14.6 Å². The number of aromatic nitrogens is 2. The Morgan fingerprint density at radius 1 is 1.12 bits per heavy atom. The highest BCUT2D eigenvalue weighted by Crippen LogP contribution is 2.49. The van der Waals surface area contributed by atoms with Gasteiger partial charge in [-0.2, -0.15) is 25.9 Å². The highest BCUT2D eigenvalue weighted by atomic mass is 32.2. The summed E-state index contributed by atoms with van der Waals surface area (Å²) in [6.07, 6.45) is 6.47. The molecular weight excluding hydrogens is 623 g/mol. The van der Waals surface area contributed by atoms with Crippen molar-refractivity contribution in [3.05, 3.63) is 47.5 Å². The first-order chi connectivity index (χ1) is 19.9. The van der Waals surface area contributed by atoms with E-state index < -0.39 is 37.8 Å². The smallest absolute Gasteiger partial charge is 0.485 e. The molecule has 1 aromatic carbocycles. The van der Waals surface area contributed by atoms with Crippen LogP contribution in [0.2, 0.25) is 0 Å². The minimum Gasteiger partial charge on any atom is -0.741 e. The zero-order valence-corrected chi connectivity index (χ0v) is 24.2. The summed E-state index contributed by atoms with van der Waals surface area (Å²) in [5.41, 5.74) is -3.68. The van der Waals surface area contributed by atoms with Gasteiger partial charge in [0.1, 0.15) is 24.2 Å². The van der Waals surface area contributed by atoms with Gasteiger partial charge in [-0.25, -0.2) is 13.0 Å². The molecule has 0 aliphatic carbocycles. The number of hydrogen-bond acceptors (Lipinski definition) is 9. The number of imidazole rings is 1. The zero-order chi connectivity index (χ0) is 31.5. The number of nitrogens with one attached hydrogen (secondary N) is 1. The second-order valence-electron chi connectivity index (χ2n) is 10.7. The van der Waals surface area contributed by atoms with E-state index in [9.17, 15) is 36.0 Å². The van der Waals surface area contributed by atoms with Gasteiger partial charge in [-0.1, -0.05) is 6.07 Å². The second kappa shape index (κ2) is 10.6. The van der Waals surface area contributed by atoms with Crippen LogP contribution in [0.3, 0.4) is 0 Å². The van der Waals surface area contributed by atoms with Crippen LogP contribution in [-0.2, 0) is 48.9 Å². The topological polar surface area (TPSA) is 179 Å². The number of benzene rings is 1. The van der Waals surface area contributed by atoms with Crippen molar-refractivity contribution in [3.8, 4) is 5.75 Å². The van der Waals surface area contributed by atoms with Crippen molar-refractivity contribution in [1.82, 2.24) is 18.5 Å². The van der Waals surface area contributed by atoms with E-state index in [2.05, 4.69) is 5.32 Å². The van der Waals surface area contributed by atoms with Crippen molar-refractivity contribution in [2.45, 2.75) is 49.2 Å². The van der Waals surface area contributed by atoms with Gasteiger partial charge in [0.05, 0.1) is 20.2 Å². The van der Waals surface area contributed by atoms with E-state index in [-0.39, 0.29) is 30.2 Å². The molecule has 1 N–H and O–H groups in total. The van der Waals surface area contributed by atoms with Gasteiger partial charge in [0, 0.05) is 41.6 Å². The molecule has 234 valence electrons. The van der Waals surface area contributed by atoms with Crippen LogP contribution >= 0.6 is 0 Å². The van der Waals surface area contributed by atoms with E-state index in [1.807, 2.05) is 6.07 Å². The summed E-state index contributed by atoms with van der Waals surface area (Å²) in [5, 5.41) is 2.32. The Morgan fingerprint density at radius 2 is 1.77 bits per heavy atom. The molecule has 2 aromatic rings. The average Bonchev–Trinajstić information content (AvgIpc) is 3.60. The van der Waals surface area contributed by atoms with Gasteiger partial charge < -0.3 is 14.2 Å². The van der Waals surface area contributed by atoms with Crippen LogP contribution in [0, 0.1) is 0 Å². The molecule has 14 nitrogen and oxygen atoms in total. The van der Waals surface area contributed by atoms with Crippen LogP contribution in [0.25, 0.3) is 0 Å². The largest absolute Gasteiger partial charge is 0.741 e. The number of rotatable bonds is 3. The van der Waals surface area contributed by atoms with Crippen LogP contribution in [0.5, 0.6) is 5.75 Å². The lowest BCUT2D eigenvalue weighted by molar-refractivity contribution is -0.670. The fraction of sp³-hybridized carbons (Fsp3) is 0.500. The number of nitrogens with zero attached hydrogens (tertiary/aromatic N) is 4. The Bertz CT molecular complexity index is 1720. The molecule has 5 heterocycles. The molecular formula is C24H26F3N5O9S2. The molecule has 0 bridgehead atoms. The van der Waals surface area contributed by atoms with E-state index in [0.717, 1.165) is 11.1 Å². The molecule has 19 heteroatoms. The molecule has 43 heavy (non-hydrogen) atoms. The van der Waals surface area contributed by atoms with E-state index in [0.29, 0.717) is 50.3 Å². The molecule has 2 saturated heterocycles. The van der Waals surface area contributed by atoms with Gasteiger partial charge in [0.25, 0.3) is 12.2 Å². The van der Waals surface area contributed by atoms with Crippen LogP contribution in [0.1, 0.15) is 47.2 Å². The molecule has 2 fully saturated rings. The Hall–Kier alpha value is -3.55. The maximum Gasteiger partial charge on any atom is 0.485 e. The fourth-order valence-electron chi connectivity index (χ4n) is 5.74. The Morgan fingerprint density at radius 3 is 2.33 bits per heavy atom. The normalized spacial score (nSPS) is 22.0. The number of piperidine rings is 2. The van der Waals surface area contributed by atoms with Crippen molar-refractivity contribution in [1.29, 1.82) is 0 Å². The highest BCUT2D eigenvalue weighted by molar-refractivity contribution is 7.87. The number of carbonyl (C=O) groups is 3. The summed E-state index contributed by atoms with van der Waals surface area (Å²) in [6, 6.07) is 3.03. The van der Waals surface area contributed by atoms with Crippen LogP contribution in [0.15, 0.2) is 30.9 Å². The predicted molar refractivity (Wildman–Crippen MR) is 136 cm³/mol. The number of carbonyl (C=O) groups excluding carboxylic acids is 3. The first-order valence-electron chi connectivity index (χ1n) is 12.9. The third kappa shape index (κ3) is 5.49. The summed E-state index contributed by atoms with van der Waals surface area (Å²) in [7, 11) is -7.95. The lowest BCUT2D eigenvalue weighted by atomic mass is 9.74. The summed E-state index contributed by atoms with van der Waals surface area (Å²) >= 11 is 0. The number of imide groups is 1. The molecule has 0 saturated carbocycles. The second-order valence-corrected chi connectivity index (χ2v) is 13.9. The maximum atomic E-state index is 13.1. The van der Waals surface area contributed by atoms with Crippen LogP contribution in [-0.4, -0.2) is 83.5 Å². The molecule has 6 rings (SSSR count). The van der Waals surface area contributed by atoms with Crippen molar-refractivity contribution in [2.24, 2.45) is 7.05 Å². The number of fused-ring (bicyclic) bond motifs is 4. The number of aryl methyl sites for hydroxylation is 1. The molecule has 1 spiro atoms. The van der Waals surface area contributed by atoms with E-state index in [1.165, 1.54) is 25.7 Å². The van der Waals surface area contributed by atoms with Crippen molar-refractivity contribution in [3.63, 3.8) is 0 Å². The lowest BCUT2D eigenvalue weighted by Crippen LogP contribution is -2.52. The molecule has 4 aliphatic rings. The highest BCUT2D eigenvalue weighted by Gasteiger charge is 2.49. The lowest BCUT2D eigenvalue weighted by Gasteiger charge is -2.36. The predicted octanol–water partition coefficient (Wildman–Crippen LogP) is -0.356. The Labute approximate surface area is 243 Å². The molecule has 1 atom stereocenters. The molecule has 0 unspecified atom stereocenters. The van der Waals surface area contributed by atoms with Gasteiger partial charge in [0.2, 0.25) is 11.8 Å². The zero-order valence-electron chi connectivity index (χ0n) is 22.5. The molecule has 4 aliphatic heterocycles. The third-order valence-electron chi connectivity index (χ3n) is 8.03. The van der Waals surface area contributed by atoms with Gasteiger partial charge >= 0.3 is 15.7 Å². The monoisotopic (exact) mass is 649 g/mol. The Balaban J connectivity index is 0.000000407. The van der Waals surface area contributed by atoms with Gasteiger partial charge in [0.15, 0.2) is 10.1 Å². The van der Waals surface area contributed by atoms with Gasteiger partial charge in [-0.15, -0.1) is 3.97 Å². The number of amides is 3. The fourth-order valence-corrected chi connectivity index (χ4v) is 7.13. The summed E-state index contributed by atoms with van der Waals surface area (Å²) < 4.78 is 95.5. The maximum absolute atomic E-state index is 13.1. The first-order valence-corrected chi connectivity index (χ1v) is 15.7. The molecule has 1 aromatic heterocycles. The first kappa shape index (κ1) is 30.9. The number of ether oxygens (including phenoxy) is 1. The van der Waals surface area contributed by atoms with E-state index in [4.69, 9.17) is 17.7 Å². The SMILES string of the molecule is C[n+]1ccn(S(=O)(=O)N2CCC3(CC2)COc2c3ccc3c2CN([C@H]2CCC(=O)NC2=O)C3=O)c1.O=S(=O)([O-])C(F)(F)F. The third-order valence-corrected chi connectivity index (χ3v) is 10.4. The number of hydrogen-bond donors (Lipinski definition) is 1. The van der Waals surface area contributed by atoms with Gasteiger partial charge in [-0.05, 0) is 25.3 Å². The Kier molecular flexibility index (Phi) is 7.59. The molecule has 0 radical (unpaired) electrons. The summed E-state index contributed by atoms with van der Waals surface area (Å²) in [5.74, 6) is -0.316. The van der Waals surface area contributed by atoms with Gasteiger partial charge in [-0.3, -0.25) is 19.7 Å². The minimum atomic E-state index is -6.09. The van der Waals surface area contributed by atoms with Crippen LogP contribution in [0.4, 0.5) is 13.2 Å². The standard InChI is InChI=1S/C23H25N5O6S.CHF3O3S/c1-25-10-11-27(14-25)35(32,33)26-8-6-23(7-9-26)13-34-20-16-12-28(18-4-5-19(29)24-21(18)30)22(31)15(16)2-3-17(20)23;2-1(3,4)8(5,6)7/h2-3,10-11,14,18H,4-9,12-13H2,1H3;(H,5,6,7)/t18-;/m0./s1. The average molecular weight is 650 g/mol. The van der Waals surface area contributed by atoms with Crippen molar-refractivity contribution < 1.29 is 58.2 Å². The number of halogens is 3. The molecule has 3 amide bonds. The minimum absolute atomic E-state index is 0.203. The summed E-state index contributed by atoms with van der Waals surface area (Å²) in [4.78, 5) is 38.5.